The lowest BCUT2D eigenvalue weighted by molar-refractivity contribution is -0.385. The highest BCUT2D eigenvalue weighted by molar-refractivity contribution is 5.58. The van der Waals surface area contributed by atoms with Crippen LogP contribution in [0.25, 0.3) is 0 Å². The van der Waals surface area contributed by atoms with Crippen LogP contribution in [-0.2, 0) is 13.0 Å². The number of hydrogen-bond donors (Lipinski definition) is 3. The Hall–Kier alpha value is -2.81. The SMILES string of the molecule is Cc1ccc(CNc2nc(N)c([N+](=O)[O-])c(C[C@H]3CC[C@H](N)CC3)n2)cn1. The first-order valence-corrected chi connectivity index (χ1v) is 9.14. The smallest absolute Gasteiger partial charge is 0.332 e. The topological polar surface area (TPSA) is 146 Å². The van der Waals surface area contributed by atoms with Gasteiger partial charge in [-0.2, -0.15) is 4.98 Å². The minimum atomic E-state index is -0.493. The summed E-state index contributed by atoms with van der Waals surface area (Å²) in [5.41, 5.74) is 13.9. The molecular formula is C18H25N7O2. The van der Waals surface area contributed by atoms with Gasteiger partial charge in [0.05, 0.1) is 4.92 Å². The van der Waals surface area contributed by atoms with Crippen LogP contribution in [0.2, 0.25) is 0 Å². The van der Waals surface area contributed by atoms with Gasteiger partial charge in [-0.15, -0.1) is 0 Å². The van der Waals surface area contributed by atoms with Crippen LogP contribution >= 0.6 is 0 Å². The molecule has 0 amide bonds. The largest absolute Gasteiger partial charge is 0.378 e. The van der Waals surface area contributed by atoms with Crippen molar-refractivity contribution >= 4 is 17.5 Å². The van der Waals surface area contributed by atoms with Gasteiger partial charge in [-0.25, -0.2) is 4.98 Å². The number of aromatic nitrogens is 3. The molecular weight excluding hydrogens is 346 g/mol. The summed E-state index contributed by atoms with van der Waals surface area (Å²) in [6, 6.07) is 4.10. The molecule has 144 valence electrons. The van der Waals surface area contributed by atoms with Crippen LogP contribution in [0.4, 0.5) is 17.5 Å². The first kappa shape index (κ1) is 19.0. The number of pyridine rings is 1. The molecule has 0 atom stereocenters. The van der Waals surface area contributed by atoms with Crippen molar-refractivity contribution in [2.75, 3.05) is 11.1 Å². The van der Waals surface area contributed by atoms with Gasteiger partial charge in [0.1, 0.15) is 5.69 Å². The van der Waals surface area contributed by atoms with Gasteiger partial charge in [0.25, 0.3) is 0 Å². The Balaban J connectivity index is 1.77. The summed E-state index contributed by atoms with van der Waals surface area (Å²) in [6.07, 6.45) is 6.04. The lowest BCUT2D eigenvalue weighted by atomic mass is 9.83. The number of nitrogens with zero attached hydrogens (tertiary/aromatic N) is 4. The zero-order valence-corrected chi connectivity index (χ0v) is 15.4. The van der Waals surface area contributed by atoms with Gasteiger partial charge in [-0.05, 0) is 56.6 Å². The van der Waals surface area contributed by atoms with E-state index in [2.05, 4.69) is 20.3 Å². The van der Waals surface area contributed by atoms with E-state index < -0.39 is 4.92 Å². The van der Waals surface area contributed by atoms with Crippen molar-refractivity contribution in [2.45, 2.75) is 51.6 Å². The Morgan fingerprint density at radius 1 is 1.26 bits per heavy atom. The van der Waals surface area contributed by atoms with E-state index >= 15 is 0 Å². The predicted molar refractivity (Wildman–Crippen MR) is 103 cm³/mol. The number of nitrogen functional groups attached to an aromatic ring is 1. The lowest BCUT2D eigenvalue weighted by Gasteiger charge is -2.25. The van der Waals surface area contributed by atoms with Crippen molar-refractivity contribution in [3.05, 3.63) is 45.4 Å². The molecule has 0 radical (unpaired) electrons. The van der Waals surface area contributed by atoms with E-state index in [1.165, 1.54) is 0 Å². The predicted octanol–water partition coefficient (Wildman–Crippen LogP) is 2.34. The van der Waals surface area contributed by atoms with E-state index in [9.17, 15) is 10.1 Å². The Morgan fingerprint density at radius 3 is 2.63 bits per heavy atom. The van der Waals surface area contributed by atoms with Crippen LogP contribution in [-0.4, -0.2) is 25.9 Å². The van der Waals surface area contributed by atoms with Crippen molar-refractivity contribution in [1.29, 1.82) is 0 Å². The number of rotatable bonds is 6. The van der Waals surface area contributed by atoms with Crippen molar-refractivity contribution in [2.24, 2.45) is 11.7 Å². The minimum absolute atomic E-state index is 0.109. The third kappa shape index (κ3) is 4.88. The number of anilines is 2. The van der Waals surface area contributed by atoms with Crippen LogP contribution in [0.15, 0.2) is 18.3 Å². The molecule has 9 heteroatoms. The number of nitrogens with two attached hydrogens (primary N) is 2. The Morgan fingerprint density at radius 2 is 2.00 bits per heavy atom. The highest BCUT2D eigenvalue weighted by Gasteiger charge is 2.27. The van der Waals surface area contributed by atoms with Crippen molar-refractivity contribution < 1.29 is 4.92 Å². The minimum Gasteiger partial charge on any atom is -0.378 e. The molecule has 3 rings (SSSR count). The summed E-state index contributed by atoms with van der Waals surface area (Å²) >= 11 is 0. The molecule has 2 aromatic heterocycles. The summed E-state index contributed by atoms with van der Waals surface area (Å²) in [4.78, 5) is 23.7. The third-order valence-corrected chi connectivity index (χ3v) is 4.96. The van der Waals surface area contributed by atoms with Gasteiger partial charge in [0.2, 0.25) is 11.8 Å². The molecule has 0 bridgehead atoms. The monoisotopic (exact) mass is 371 g/mol. The number of nitrogens with one attached hydrogen (secondary N) is 1. The van der Waals surface area contributed by atoms with E-state index in [0.717, 1.165) is 36.9 Å². The zero-order valence-electron chi connectivity index (χ0n) is 15.4. The summed E-state index contributed by atoms with van der Waals surface area (Å²) in [7, 11) is 0. The average Bonchev–Trinajstić information content (AvgIpc) is 2.62. The average molecular weight is 371 g/mol. The molecule has 2 heterocycles. The van der Waals surface area contributed by atoms with Crippen molar-refractivity contribution in [3.63, 3.8) is 0 Å². The van der Waals surface area contributed by atoms with E-state index in [0.29, 0.717) is 30.5 Å². The molecule has 0 saturated heterocycles. The first-order chi connectivity index (χ1) is 12.9. The molecule has 0 aromatic carbocycles. The van der Waals surface area contributed by atoms with Crippen LogP contribution in [0, 0.1) is 23.0 Å². The first-order valence-electron chi connectivity index (χ1n) is 9.14. The Bertz CT molecular complexity index is 802. The Labute approximate surface area is 157 Å². The van der Waals surface area contributed by atoms with E-state index in [-0.39, 0.29) is 17.5 Å². The van der Waals surface area contributed by atoms with Gasteiger partial charge >= 0.3 is 5.69 Å². The standard InChI is InChI=1S/C18H25N7O2/c1-11-2-3-13(9-21-11)10-22-18-23-15(16(25(26)27)17(20)24-18)8-12-4-6-14(19)7-5-12/h2-3,9,12,14H,4-8,10,19H2,1H3,(H3,20,22,23,24)/t12-,14-. The normalized spacial score (nSPS) is 19.6. The second-order valence-corrected chi connectivity index (χ2v) is 7.13. The van der Waals surface area contributed by atoms with E-state index in [1.54, 1.807) is 6.20 Å². The fourth-order valence-electron chi connectivity index (χ4n) is 3.39. The lowest BCUT2D eigenvalue weighted by Crippen LogP contribution is -2.27. The molecule has 1 fully saturated rings. The van der Waals surface area contributed by atoms with Crippen molar-refractivity contribution in [3.8, 4) is 0 Å². The quantitative estimate of drug-likeness (QED) is 0.518. The molecule has 2 aromatic rings. The summed E-state index contributed by atoms with van der Waals surface area (Å²) in [5, 5.41) is 14.5. The number of aryl methyl sites for hydroxylation is 1. The summed E-state index contributed by atoms with van der Waals surface area (Å²) < 4.78 is 0. The molecule has 5 N–H and O–H groups in total. The molecule has 1 saturated carbocycles. The maximum atomic E-state index is 11.5. The third-order valence-electron chi connectivity index (χ3n) is 4.96. The zero-order chi connectivity index (χ0) is 19.4. The molecule has 1 aliphatic rings. The van der Waals surface area contributed by atoms with Gasteiger partial charge in [-0.1, -0.05) is 6.07 Å². The van der Waals surface area contributed by atoms with Gasteiger partial charge < -0.3 is 16.8 Å². The summed E-state index contributed by atoms with van der Waals surface area (Å²) in [6.45, 7) is 2.38. The highest BCUT2D eigenvalue weighted by Crippen LogP contribution is 2.31. The highest BCUT2D eigenvalue weighted by atomic mass is 16.6. The Kier molecular flexibility index (Phi) is 5.80. The van der Waals surface area contributed by atoms with Gasteiger partial charge in [-0.3, -0.25) is 15.1 Å². The number of hydrogen-bond acceptors (Lipinski definition) is 8. The second kappa shape index (κ2) is 8.26. The number of nitro groups is 1. The molecule has 0 aliphatic heterocycles. The van der Waals surface area contributed by atoms with Crippen LogP contribution < -0.4 is 16.8 Å². The van der Waals surface area contributed by atoms with Gasteiger partial charge in [0.15, 0.2) is 0 Å². The van der Waals surface area contributed by atoms with Crippen LogP contribution in [0.1, 0.15) is 42.6 Å². The fraction of sp³-hybridized carbons (Fsp3) is 0.500. The maximum Gasteiger partial charge on any atom is 0.332 e. The molecule has 9 nitrogen and oxygen atoms in total. The molecule has 1 aliphatic carbocycles. The maximum absolute atomic E-state index is 11.5. The van der Waals surface area contributed by atoms with Crippen LogP contribution in [0.5, 0.6) is 0 Å². The molecule has 27 heavy (non-hydrogen) atoms. The fourth-order valence-corrected chi connectivity index (χ4v) is 3.39. The van der Waals surface area contributed by atoms with E-state index in [1.807, 2.05) is 19.1 Å². The second-order valence-electron chi connectivity index (χ2n) is 7.13. The van der Waals surface area contributed by atoms with Gasteiger partial charge in [0, 0.05) is 24.5 Å². The molecule has 0 spiro atoms. The van der Waals surface area contributed by atoms with Crippen molar-refractivity contribution in [1.82, 2.24) is 15.0 Å². The van der Waals surface area contributed by atoms with Crippen LogP contribution in [0.3, 0.4) is 0 Å². The van der Waals surface area contributed by atoms with E-state index in [4.69, 9.17) is 11.5 Å². The summed E-state index contributed by atoms with van der Waals surface area (Å²) in [5.74, 6) is 0.509. The molecule has 0 unspecified atom stereocenters.